The molecule has 0 aliphatic heterocycles. The molecule has 0 saturated heterocycles. The second kappa shape index (κ2) is 4.93. The van der Waals surface area contributed by atoms with Gasteiger partial charge >= 0.3 is 0 Å². The van der Waals surface area contributed by atoms with E-state index >= 15 is 0 Å². The van der Waals surface area contributed by atoms with Crippen molar-refractivity contribution in [1.82, 2.24) is 10.3 Å². The van der Waals surface area contributed by atoms with Crippen LogP contribution >= 0.6 is 0 Å². The van der Waals surface area contributed by atoms with E-state index < -0.39 is 0 Å². The number of aromatic nitrogens is 1. The van der Waals surface area contributed by atoms with Gasteiger partial charge in [-0.1, -0.05) is 13.8 Å². The lowest BCUT2D eigenvalue weighted by atomic mass is 9.95. The van der Waals surface area contributed by atoms with Crippen LogP contribution in [0.3, 0.4) is 0 Å². The summed E-state index contributed by atoms with van der Waals surface area (Å²) in [6.07, 6.45) is 1.67. The van der Waals surface area contributed by atoms with Gasteiger partial charge in [0.15, 0.2) is 0 Å². The monoisotopic (exact) mass is 261 g/mol. The molecular weight excluding hydrogens is 242 g/mol. The Morgan fingerprint density at radius 3 is 2.89 bits per heavy atom. The lowest BCUT2D eigenvalue weighted by Gasteiger charge is -2.21. The maximum atomic E-state index is 12.1. The van der Waals surface area contributed by atoms with Crippen LogP contribution in [0.5, 0.6) is 0 Å². The van der Waals surface area contributed by atoms with Gasteiger partial charge in [0.05, 0.1) is 5.56 Å². The number of anilines is 1. The van der Waals surface area contributed by atoms with Gasteiger partial charge < -0.3 is 21.1 Å². The van der Waals surface area contributed by atoms with Crippen molar-refractivity contribution in [1.29, 1.82) is 0 Å². The molecule has 0 atom stereocenters. The normalized spacial score (nSPS) is 11.7. The minimum Gasteiger partial charge on any atom is -0.399 e. The average molecular weight is 261 g/mol. The first-order valence-electron chi connectivity index (χ1n) is 6.19. The Bertz CT molecular complexity index is 602. The second-order valence-corrected chi connectivity index (χ2v) is 5.51. The maximum Gasteiger partial charge on any atom is 0.253 e. The van der Waals surface area contributed by atoms with Gasteiger partial charge in [0.2, 0.25) is 0 Å². The number of amides is 1. The average Bonchev–Trinajstić information content (AvgIpc) is 2.79. The van der Waals surface area contributed by atoms with Gasteiger partial charge in [-0.3, -0.25) is 4.79 Å². The van der Waals surface area contributed by atoms with E-state index in [2.05, 4.69) is 10.3 Å². The molecule has 0 aliphatic rings. The number of nitrogens with two attached hydrogens (primary N) is 1. The number of hydrogen-bond acceptors (Lipinski definition) is 3. The third-order valence-corrected chi connectivity index (χ3v) is 3.11. The standard InChI is InChI=1S/C14H19N3O2/c1-14(2,8-18)7-17-13(19)11-6-16-12-5-9(15)3-4-10(11)12/h3-6,16,18H,7-8,15H2,1-2H3,(H,17,19). The number of benzene rings is 1. The molecule has 5 heteroatoms. The lowest BCUT2D eigenvalue weighted by Crippen LogP contribution is -2.35. The molecule has 102 valence electrons. The summed E-state index contributed by atoms with van der Waals surface area (Å²) in [4.78, 5) is 15.2. The molecule has 2 aromatic rings. The van der Waals surface area contributed by atoms with Crippen molar-refractivity contribution in [3.8, 4) is 0 Å². The fourth-order valence-corrected chi connectivity index (χ4v) is 1.80. The quantitative estimate of drug-likeness (QED) is 0.628. The molecule has 2 rings (SSSR count). The number of rotatable bonds is 4. The fraction of sp³-hybridized carbons (Fsp3) is 0.357. The van der Waals surface area contributed by atoms with Crippen molar-refractivity contribution >= 4 is 22.5 Å². The highest BCUT2D eigenvalue weighted by molar-refractivity contribution is 6.07. The van der Waals surface area contributed by atoms with Crippen molar-refractivity contribution < 1.29 is 9.90 Å². The van der Waals surface area contributed by atoms with Gasteiger partial charge in [-0.2, -0.15) is 0 Å². The van der Waals surface area contributed by atoms with Crippen LogP contribution in [0.15, 0.2) is 24.4 Å². The molecule has 1 amide bonds. The number of fused-ring (bicyclic) bond motifs is 1. The van der Waals surface area contributed by atoms with Gasteiger partial charge in [-0.25, -0.2) is 0 Å². The molecule has 1 aromatic carbocycles. The van der Waals surface area contributed by atoms with E-state index in [1.54, 1.807) is 18.3 Å². The molecule has 5 nitrogen and oxygen atoms in total. The van der Waals surface area contributed by atoms with E-state index in [0.29, 0.717) is 17.8 Å². The number of carbonyl (C=O) groups is 1. The number of hydrogen-bond donors (Lipinski definition) is 4. The Balaban J connectivity index is 2.18. The molecule has 1 heterocycles. The first kappa shape index (κ1) is 13.4. The summed E-state index contributed by atoms with van der Waals surface area (Å²) < 4.78 is 0. The van der Waals surface area contributed by atoms with Gasteiger partial charge in [0, 0.05) is 41.4 Å². The molecule has 1 aromatic heterocycles. The van der Waals surface area contributed by atoms with Crippen LogP contribution in [-0.4, -0.2) is 29.1 Å². The molecule has 19 heavy (non-hydrogen) atoms. The molecule has 0 bridgehead atoms. The highest BCUT2D eigenvalue weighted by Crippen LogP contribution is 2.21. The number of aliphatic hydroxyl groups is 1. The second-order valence-electron chi connectivity index (χ2n) is 5.51. The molecule has 0 aliphatic carbocycles. The molecule has 5 N–H and O–H groups in total. The van der Waals surface area contributed by atoms with Gasteiger partial charge in [0.25, 0.3) is 5.91 Å². The smallest absolute Gasteiger partial charge is 0.253 e. The first-order chi connectivity index (χ1) is 8.93. The third kappa shape index (κ3) is 2.88. The lowest BCUT2D eigenvalue weighted by molar-refractivity contribution is 0.0912. The van der Waals surface area contributed by atoms with Crippen molar-refractivity contribution in [2.75, 3.05) is 18.9 Å². The number of nitrogens with one attached hydrogen (secondary N) is 2. The molecule has 0 unspecified atom stereocenters. The Kier molecular flexibility index (Phi) is 3.48. The van der Waals surface area contributed by atoms with E-state index in [9.17, 15) is 4.79 Å². The number of aromatic amines is 1. The van der Waals surface area contributed by atoms with E-state index in [-0.39, 0.29) is 17.9 Å². The van der Waals surface area contributed by atoms with Crippen molar-refractivity contribution in [3.05, 3.63) is 30.0 Å². The summed E-state index contributed by atoms with van der Waals surface area (Å²) in [6.45, 7) is 4.23. The van der Waals surface area contributed by atoms with E-state index in [4.69, 9.17) is 10.8 Å². The van der Waals surface area contributed by atoms with Crippen LogP contribution in [-0.2, 0) is 0 Å². The zero-order valence-corrected chi connectivity index (χ0v) is 11.2. The summed E-state index contributed by atoms with van der Waals surface area (Å²) in [5, 5.41) is 12.8. The van der Waals surface area contributed by atoms with Gasteiger partial charge in [-0.05, 0) is 18.2 Å². The summed E-state index contributed by atoms with van der Waals surface area (Å²) in [5.41, 5.74) is 7.45. The summed E-state index contributed by atoms with van der Waals surface area (Å²) in [5.74, 6) is -0.155. The third-order valence-electron chi connectivity index (χ3n) is 3.11. The number of carbonyl (C=O) groups excluding carboxylic acids is 1. The largest absolute Gasteiger partial charge is 0.399 e. The number of aliphatic hydroxyl groups excluding tert-OH is 1. The molecule has 0 saturated carbocycles. The first-order valence-corrected chi connectivity index (χ1v) is 6.19. The minimum atomic E-state index is -0.327. The predicted octanol–water partition coefficient (Wildman–Crippen LogP) is 1.50. The highest BCUT2D eigenvalue weighted by Gasteiger charge is 2.19. The van der Waals surface area contributed by atoms with Crippen LogP contribution < -0.4 is 11.1 Å². The maximum absolute atomic E-state index is 12.1. The molecule has 0 spiro atoms. The zero-order valence-electron chi connectivity index (χ0n) is 11.2. The zero-order chi connectivity index (χ0) is 14.0. The van der Waals surface area contributed by atoms with Crippen LogP contribution in [0.1, 0.15) is 24.2 Å². The molecule has 0 radical (unpaired) electrons. The minimum absolute atomic E-state index is 0.0255. The molecule has 0 fully saturated rings. The Morgan fingerprint density at radius 2 is 2.21 bits per heavy atom. The Morgan fingerprint density at radius 1 is 1.47 bits per heavy atom. The Hall–Kier alpha value is -2.01. The Labute approximate surface area is 111 Å². The highest BCUT2D eigenvalue weighted by atomic mass is 16.3. The fourth-order valence-electron chi connectivity index (χ4n) is 1.80. The number of nitrogen functional groups attached to an aromatic ring is 1. The van der Waals surface area contributed by atoms with Gasteiger partial charge in [-0.15, -0.1) is 0 Å². The van der Waals surface area contributed by atoms with Crippen LogP contribution in [0, 0.1) is 5.41 Å². The van der Waals surface area contributed by atoms with E-state index in [1.807, 2.05) is 19.9 Å². The van der Waals surface area contributed by atoms with E-state index in [0.717, 1.165) is 10.9 Å². The summed E-state index contributed by atoms with van der Waals surface area (Å²) in [7, 11) is 0. The van der Waals surface area contributed by atoms with Crippen molar-refractivity contribution in [3.63, 3.8) is 0 Å². The van der Waals surface area contributed by atoms with Gasteiger partial charge in [0.1, 0.15) is 0 Å². The predicted molar refractivity (Wildman–Crippen MR) is 75.9 cm³/mol. The van der Waals surface area contributed by atoms with Crippen LogP contribution in [0.4, 0.5) is 5.69 Å². The van der Waals surface area contributed by atoms with Crippen molar-refractivity contribution in [2.24, 2.45) is 5.41 Å². The van der Waals surface area contributed by atoms with E-state index in [1.165, 1.54) is 0 Å². The number of H-pyrrole nitrogens is 1. The van der Waals surface area contributed by atoms with Crippen LogP contribution in [0.25, 0.3) is 10.9 Å². The topological polar surface area (TPSA) is 91.1 Å². The van der Waals surface area contributed by atoms with Crippen LogP contribution in [0.2, 0.25) is 0 Å². The SMILES string of the molecule is CC(C)(CO)CNC(=O)c1c[nH]c2cc(N)ccc12. The molecular formula is C14H19N3O2. The van der Waals surface area contributed by atoms with Crippen molar-refractivity contribution in [2.45, 2.75) is 13.8 Å². The summed E-state index contributed by atoms with van der Waals surface area (Å²) >= 11 is 0. The summed E-state index contributed by atoms with van der Waals surface area (Å²) in [6, 6.07) is 5.39.